The summed E-state index contributed by atoms with van der Waals surface area (Å²) in [6.07, 6.45) is 0. The van der Waals surface area contributed by atoms with Crippen molar-refractivity contribution in [1.82, 2.24) is 0 Å². The third-order valence-electron chi connectivity index (χ3n) is 10.6. The Morgan fingerprint density at radius 3 is 1.43 bits per heavy atom. The van der Waals surface area contributed by atoms with Gasteiger partial charge in [-0.05, 0) is 99.2 Å². The standard InChI is InChI=1S/C48H28S/c1-3-16-31-29(13-1)15-11-24-34(31)45-37-20-7-9-22-39(37)46(40-23-10-8-21-38(40)45)42-28-44-48(36-19-6-5-18-33(36)42)41-26-12-25-35-32-17-4-2-14-30(32)27-43(49-44)47(35)41/h1-28H. The van der Waals surface area contributed by atoms with Gasteiger partial charge in [-0.1, -0.05) is 169 Å². The van der Waals surface area contributed by atoms with E-state index in [1.165, 1.54) is 108 Å². The molecule has 1 heterocycles. The van der Waals surface area contributed by atoms with Crippen molar-refractivity contribution in [2.24, 2.45) is 0 Å². The molecule has 0 atom stereocenters. The van der Waals surface area contributed by atoms with Crippen LogP contribution < -0.4 is 0 Å². The molecule has 226 valence electrons. The molecule has 1 aliphatic heterocycles. The van der Waals surface area contributed by atoms with Crippen molar-refractivity contribution in [2.45, 2.75) is 9.79 Å². The summed E-state index contributed by atoms with van der Waals surface area (Å²) in [5.74, 6) is 0. The molecule has 0 spiro atoms. The van der Waals surface area contributed by atoms with Crippen molar-refractivity contribution in [3.05, 3.63) is 170 Å². The molecule has 0 amide bonds. The molecule has 10 aromatic carbocycles. The molecule has 0 aromatic heterocycles. The third kappa shape index (κ3) is 3.82. The van der Waals surface area contributed by atoms with Gasteiger partial charge in [0.25, 0.3) is 0 Å². The summed E-state index contributed by atoms with van der Waals surface area (Å²) in [4.78, 5) is 2.65. The van der Waals surface area contributed by atoms with E-state index in [4.69, 9.17) is 0 Å². The van der Waals surface area contributed by atoms with E-state index in [9.17, 15) is 0 Å². The fourth-order valence-corrected chi connectivity index (χ4v) is 9.84. The highest BCUT2D eigenvalue weighted by Gasteiger charge is 2.26. The number of rotatable bonds is 2. The van der Waals surface area contributed by atoms with E-state index in [0.717, 1.165) is 0 Å². The second-order valence-electron chi connectivity index (χ2n) is 13.1. The van der Waals surface area contributed by atoms with Crippen molar-refractivity contribution >= 4 is 76.4 Å². The van der Waals surface area contributed by atoms with Crippen LogP contribution in [0.3, 0.4) is 0 Å². The fraction of sp³-hybridized carbons (Fsp3) is 0. The molecule has 1 heteroatoms. The monoisotopic (exact) mass is 636 g/mol. The molecule has 11 rings (SSSR count). The summed E-state index contributed by atoms with van der Waals surface area (Å²) in [6, 6.07) is 63.2. The minimum atomic E-state index is 1.26. The predicted molar refractivity (Wildman–Crippen MR) is 212 cm³/mol. The third-order valence-corrected chi connectivity index (χ3v) is 11.7. The van der Waals surface area contributed by atoms with E-state index in [1.807, 2.05) is 11.8 Å². The number of benzene rings is 10. The molecule has 0 bridgehead atoms. The van der Waals surface area contributed by atoms with Gasteiger partial charge < -0.3 is 0 Å². The van der Waals surface area contributed by atoms with Crippen LogP contribution in [0.15, 0.2) is 180 Å². The first-order chi connectivity index (χ1) is 24.3. The van der Waals surface area contributed by atoms with Gasteiger partial charge in [-0.2, -0.15) is 0 Å². The van der Waals surface area contributed by atoms with Crippen LogP contribution in [-0.2, 0) is 0 Å². The van der Waals surface area contributed by atoms with Crippen molar-refractivity contribution in [3.63, 3.8) is 0 Å². The lowest BCUT2D eigenvalue weighted by Gasteiger charge is -2.25. The Labute approximate surface area is 288 Å². The Morgan fingerprint density at radius 2 is 0.735 bits per heavy atom. The quantitative estimate of drug-likeness (QED) is 0.134. The summed E-state index contributed by atoms with van der Waals surface area (Å²) in [5.41, 5.74) is 7.85. The van der Waals surface area contributed by atoms with Gasteiger partial charge in [-0.3, -0.25) is 0 Å². The van der Waals surface area contributed by atoms with Gasteiger partial charge in [-0.15, -0.1) is 0 Å². The van der Waals surface area contributed by atoms with Gasteiger partial charge in [0.2, 0.25) is 0 Å². The first kappa shape index (κ1) is 27.1. The normalized spacial score (nSPS) is 12.4. The van der Waals surface area contributed by atoms with Crippen LogP contribution in [0, 0.1) is 0 Å². The molecule has 0 radical (unpaired) electrons. The number of fused-ring (bicyclic) bond motifs is 9. The van der Waals surface area contributed by atoms with Crippen molar-refractivity contribution < 1.29 is 0 Å². The average Bonchev–Trinajstić information content (AvgIpc) is 3.16. The molecule has 49 heavy (non-hydrogen) atoms. The molecule has 0 fully saturated rings. The van der Waals surface area contributed by atoms with E-state index in [2.05, 4.69) is 170 Å². The molecule has 10 aromatic rings. The zero-order chi connectivity index (χ0) is 32.1. The van der Waals surface area contributed by atoms with Crippen molar-refractivity contribution in [2.75, 3.05) is 0 Å². The molecule has 0 saturated heterocycles. The Morgan fingerprint density at radius 1 is 0.265 bits per heavy atom. The van der Waals surface area contributed by atoms with Crippen LogP contribution in [0.4, 0.5) is 0 Å². The number of hydrogen-bond donors (Lipinski definition) is 0. The predicted octanol–water partition coefficient (Wildman–Crippen LogP) is 14.1. The second kappa shape index (κ2) is 10.3. The first-order valence-corrected chi connectivity index (χ1v) is 17.8. The van der Waals surface area contributed by atoms with Crippen LogP contribution >= 0.6 is 11.8 Å². The highest BCUT2D eigenvalue weighted by molar-refractivity contribution is 7.99. The minimum absolute atomic E-state index is 1.26. The highest BCUT2D eigenvalue weighted by atomic mass is 32.2. The van der Waals surface area contributed by atoms with Gasteiger partial charge in [-0.25, -0.2) is 0 Å². The van der Waals surface area contributed by atoms with E-state index >= 15 is 0 Å². The average molecular weight is 637 g/mol. The lowest BCUT2D eigenvalue weighted by Crippen LogP contribution is -1.97. The SMILES string of the molecule is c1ccc2c(-c3c4ccccc4c(-c4cc5c(c6ccccc46)-c4cccc6c4c(cc4ccccc46)S5)c4ccccc34)cccc2c1. The molecular weight excluding hydrogens is 609 g/mol. The topological polar surface area (TPSA) is 0 Å². The van der Waals surface area contributed by atoms with Crippen molar-refractivity contribution in [3.8, 4) is 33.4 Å². The zero-order valence-corrected chi connectivity index (χ0v) is 27.4. The van der Waals surface area contributed by atoms with Gasteiger partial charge in [0.1, 0.15) is 0 Å². The number of hydrogen-bond acceptors (Lipinski definition) is 1. The van der Waals surface area contributed by atoms with Gasteiger partial charge in [0, 0.05) is 20.7 Å². The molecule has 0 nitrogen and oxygen atoms in total. The molecule has 1 aliphatic rings. The van der Waals surface area contributed by atoms with E-state index in [-0.39, 0.29) is 0 Å². The summed E-state index contributed by atoms with van der Waals surface area (Å²) < 4.78 is 0. The van der Waals surface area contributed by atoms with Crippen LogP contribution in [0.5, 0.6) is 0 Å². The Kier molecular flexibility index (Phi) is 5.70. The lowest BCUT2D eigenvalue weighted by atomic mass is 9.82. The Bertz CT molecular complexity index is 2960. The maximum atomic E-state index is 2.49. The van der Waals surface area contributed by atoms with E-state index < -0.39 is 0 Å². The second-order valence-corrected chi connectivity index (χ2v) is 14.2. The van der Waals surface area contributed by atoms with Crippen LogP contribution in [-0.4, -0.2) is 0 Å². The Hall–Kier alpha value is -5.89. The maximum absolute atomic E-state index is 2.49. The lowest BCUT2D eigenvalue weighted by molar-refractivity contribution is 1.43. The fourth-order valence-electron chi connectivity index (χ4n) is 8.60. The Balaban J connectivity index is 1.27. The summed E-state index contributed by atoms with van der Waals surface area (Å²) in [6.45, 7) is 0. The van der Waals surface area contributed by atoms with Crippen molar-refractivity contribution in [1.29, 1.82) is 0 Å². The summed E-state index contributed by atoms with van der Waals surface area (Å²) >= 11 is 1.93. The van der Waals surface area contributed by atoms with Gasteiger partial charge >= 0.3 is 0 Å². The summed E-state index contributed by atoms with van der Waals surface area (Å²) in [5, 5.41) is 15.6. The van der Waals surface area contributed by atoms with Crippen LogP contribution in [0.25, 0.3) is 98.0 Å². The first-order valence-electron chi connectivity index (χ1n) is 16.9. The van der Waals surface area contributed by atoms with Gasteiger partial charge in [0.05, 0.1) is 0 Å². The smallest absolute Gasteiger partial charge is 0.0213 e. The molecule has 0 unspecified atom stereocenters. The molecule has 0 aliphatic carbocycles. The van der Waals surface area contributed by atoms with E-state index in [1.54, 1.807) is 0 Å². The summed E-state index contributed by atoms with van der Waals surface area (Å²) in [7, 11) is 0. The molecule has 0 N–H and O–H groups in total. The maximum Gasteiger partial charge on any atom is 0.0213 e. The van der Waals surface area contributed by atoms with Gasteiger partial charge in [0.15, 0.2) is 0 Å². The molecule has 0 saturated carbocycles. The zero-order valence-electron chi connectivity index (χ0n) is 26.6. The minimum Gasteiger partial charge on any atom is -0.0887 e. The van der Waals surface area contributed by atoms with Crippen LogP contribution in [0.1, 0.15) is 0 Å². The molecular formula is C48H28S. The largest absolute Gasteiger partial charge is 0.0887 e. The van der Waals surface area contributed by atoms with Crippen LogP contribution in [0.2, 0.25) is 0 Å². The van der Waals surface area contributed by atoms with E-state index in [0.29, 0.717) is 0 Å². The highest BCUT2D eigenvalue weighted by Crippen LogP contribution is 2.55.